The van der Waals surface area contributed by atoms with Gasteiger partial charge in [0, 0.05) is 11.8 Å². The van der Waals surface area contributed by atoms with E-state index in [4.69, 9.17) is 0 Å². The van der Waals surface area contributed by atoms with Crippen molar-refractivity contribution in [1.82, 2.24) is 4.98 Å². The third kappa shape index (κ3) is 1.97. The molecule has 1 unspecified atom stereocenters. The van der Waals surface area contributed by atoms with E-state index in [-0.39, 0.29) is 5.56 Å². The van der Waals surface area contributed by atoms with Gasteiger partial charge in [0.25, 0.3) is 5.56 Å². The first-order valence-corrected chi connectivity index (χ1v) is 4.43. The summed E-state index contributed by atoms with van der Waals surface area (Å²) in [4.78, 5) is 14.0. The molecular formula is C10H15NO. The number of rotatable bonds is 3. The van der Waals surface area contributed by atoms with Crippen molar-refractivity contribution >= 4 is 0 Å². The quantitative estimate of drug-likeness (QED) is 0.732. The zero-order valence-electron chi connectivity index (χ0n) is 7.63. The summed E-state index contributed by atoms with van der Waals surface area (Å²) in [6.07, 6.45) is 3.87. The van der Waals surface area contributed by atoms with Gasteiger partial charge in [0.1, 0.15) is 0 Å². The summed E-state index contributed by atoms with van der Waals surface area (Å²) in [5, 5.41) is 0. The Bertz CT molecular complexity index is 290. The van der Waals surface area contributed by atoms with Gasteiger partial charge in [-0.25, -0.2) is 0 Å². The Morgan fingerprint density at radius 2 is 2.33 bits per heavy atom. The molecule has 1 aromatic rings. The lowest BCUT2D eigenvalue weighted by atomic mass is 9.98. The fraction of sp³-hybridized carbons (Fsp3) is 0.500. The molecular weight excluding hydrogens is 150 g/mol. The van der Waals surface area contributed by atoms with E-state index in [9.17, 15) is 4.79 Å². The molecule has 0 aromatic carbocycles. The van der Waals surface area contributed by atoms with Gasteiger partial charge >= 0.3 is 0 Å². The molecule has 0 radical (unpaired) electrons. The van der Waals surface area contributed by atoms with E-state index in [1.54, 1.807) is 6.20 Å². The molecule has 2 nitrogen and oxygen atoms in total. The molecule has 0 amide bonds. The molecule has 0 aliphatic heterocycles. The van der Waals surface area contributed by atoms with Crippen molar-refractivity contribution < 1.29 is 0 Å². The smallest absolute Gasteiger partial charge is 0.251 e. The molecule has 0 fully saturated rings. The Kier molecular flexibility index (Phi) is 3.09. The number of pyridine rings is 1. The predicted octanol–water partition coefficient (Wildman–Crippen LogP) is 2.28. The highest BCUT2D eigenvalue weighted by Gasteiger charge is 2.06. The molecule has 1 rings (SSSR count). The van der Waals surface area contributed by atoms with Crippen molar-refractivity contribution in [2.24, 2.45) is 0 Å². The van der Waals surface area contributed by atoms with Crippen molar-refractivity contribution in [1.29, 1.82) is 0 Å². The number of nitrogens with one attached hydrogen (secondary N) is 1. The first-order chi connectivity index (χ1) is 5.75. The summed E-state index contributed by atoms with van der Waals surface area (Å²) in [7, 11) is 0. The molecule has 1 aromatic heterocycles. The Labute approximate surface area is 72.6 Å². The second kappa shape index (κ2) is 4.10. The van der Waals surface area contributed by atoms with Gasteiger partial charge in [-0.2, -0.15) is 0 Å². The fourth-order valence-electron chi connectivity index (χ4n) is 1.41. The Morgan fingerprint density at radius 1 is 1.58 bits per heavy atom. The zero-order valence-corrected chi connectivity index (χ0v) is 7.63. The van der Waals surface area contributed by atoms with Gasteiger partial charge in [-0.05, 0) is 18.4 Å². The van der Waals surface area contributed by atoms with Gasteiger partial charge in [0.2, 0.25) is 0 Å². The Hall–Kier alpha value is -1.05. The zero-order chi connectivity index (χ0) is 8.97. The molecule has 66 valence electrons. The molecule has 0 bridgehead atoms. The maximum Gasteiger partial charge on any atom is 0.251 e. The summed E-state index contributed by atoms with van der Waals surface area (Å²) in [6, 6.07) is 3.78. The number of hydrogen-bond acceptors (Lipinski definition) is 1. The van der Waals surface area contributed by atoms with Crippen LogP contribution in [0.2, 0.25) is 0 Å². The van der Waals surface area contributed by atoms with Crippen LogP contribution < -0.4 is 5.56 Å². The monoisotopic (exact) mass is 165 g/mol. The Morgan fingerprint density at radius 3 is 2.92 bits per heavy atom. The van der Waals surface area contributed by atoms with Crippen LogP contribution in [-0.2, 0) is 0 Å². The van der Waals surface area contributed by atoms with Crippen LogP contribution in [-0.4, -0.2) is 4.98 Å². The normalized spacial score (nSPS) is 12.8. The molecule has 1 N–H and O–H groups in total. The third-order valence-electron chi connectivity index (χ3n) is 2.10. The highest BCUT2D eigenvalue weighted by Crippen LogP contribution is 2.15. The van der Waals surface area contributed by atoms with Crippen LogP contribution >= 0.6 is 0 Å². The summed E-state index contributed by atoms with van der Waals surface area (Å²) in [5.74, 6) is 0.375. The molecule has 2 heteroatoms. The average molecular weight is 165 g/mol. The first-order valence-electron chi connectivity index (χ1n) is 4.43. The SMILES string of the molecule is CCCC(C)c1ccc[nH]c1=O. The van der Waals surface area contributed by atoms with Crippen molar-refractivity contribution in [2.75, 3.05) is 0 Å². The predicted molar refractivity (Wildman–Crippen MR) is 50.4 cm³/mol. The number of hydrogen-bond donors (Lipinski definition) is 1. The minimum Gasteiger partial charge on any atom is -0.329 e. The third-order valence-corrected chi connectivity index (χ3v) is 2.10. The summed E-state index contributed by atoms with van der Waals surface area (Å²) < 4.78 is 0. The summed E-state index contributed by atoms with van der Waals surface area (Å²) >= 11 is 0. The van der Waals surface area contributed by atoms with E-state index in [0.29, 0.717) is 5.92 Å². The van der Waals surface area contributed by atoms with Gasteiger partial charge in [-0.15, -0.1) is 0 Å². The lowest BCUT2D eigenvalue weighted by molar-refractivity contribution is 0.657. The first kappa shape index (κ1) is 9.04. The van der Waals surface area contributed by atoms with Crippen molar-refractivity contribution in [3.05, 3.63) is 34.2 Å². The second-order valence-electron chi connectivity index (χ2n) is 3.14. The fourth-order valence-corrected chi connectivity index (χ4v) is 1.41. The lowest BCUT2D eigenvalue weighted by Gasteiger charge is -2.07. The van der Waals surface area contributed by atoms with E-state index in [2.05, 4.69) is 18.8 Å². The van der Waals surface area contributed by atoms with Gasteiger partial charge in [0.05, 0.1) is 0 Å². The minimum atomic E-state index is 0.0541. The van der Waals surface area contributed by atoms with Crippen molar-refractivity contribution in [3.63, 3.8) is 0 Å². The van der Waals surface area contributed by atoms with E-state index >= 15 is 0 Å². The van der Waals surface area contributed by atoms with Crippen LogP contribution in [0.15, 0.2) is 23.1 Å². The number of aromatic amines is 1. The largest absolute Gasteiger partial charge is 0.329 e. The van der Waals surface area contributed by atoms with E-state index in [0.717, 1.165) is 18.4 Å². The van der Waals surface area contributed by atoms with Crippen LogP contribution in [0.3, 0.4) is 0 Å². The molecule has 1 heterocycles. The second-order valence-corrected chi connectivity index (χ2v) is 3.14. The average Bonchev–Trinajstić information content (AvgIpc) is 2.05. The van der Waals surface area contributed by atoms with Crippen LogP contribution in [0.4, 0.5) is 0 Å². The molecule has 0 aliphatic rings. The van der Waals surface area contributed by atoms with E-state index in [1.165, 1.54) is 0 Å². The number of aromatic nitrogens is 1. The summed E-state index contributed by atoms with van der Waals surface area (Å²) in [5.41, 5.74) is 0.956. The molecule has 0 saturated heterocycles. The minimum absolute atomic E-state index is 0.0541. The van der Waals surface area contributed by atoms with Crippen LogP contribution in [0, 0.1) is 0 Å². The van der Waals surface area contributed by atoms with Crippen LogP contribution in [0.25, 0.3) is 0 Å². The molecule has 0 saturated carbocycles. The van der Waals surface area contributed by atoms with E-state index < -0.39 is 0 Å². The standard InChI is InChI=1S/C10H15NO/c1-3-5-8(2)9-6-4-7-11-10(9)12/h4,6-8H,3,5H2,1-2H3,(H,11,12). The van der Waals surface area contributed by atoms with Crippen LogP contribution in [0.5, 0.6) is 0 Å². The highest BCUT2D eigenvalue weighted by molar-refractivity contribution is 5.13. The van der Waals surface area contributed by atoms with Crippen molar-refractivity contribution in [2.45, 2.75) is 32.6 Å². The molecule has 1 atom stereocenters. The topological polar surface area (TPSA) is 32.9 Å². The summed E-state index contributed by atoms with van der Waals surface area (Å²) in [6.45, 7) is 4.22. The molecule has 0 spiro atoms. The maximum absolute atomic E-state index is 11.3. The lowest BCUT2D eigenvalue weighted by Crippen LogP contribution is -2.13. The maximum atomic E-state index is 11.3. The highest BCUT2D eigenvalue weighted by atomic mass is 16.1. The molecule has 0 aliphatic carbocycles. The van der Waals surface area contributed by atoms with Crippen LogP contribution in [0.1, 0.15) is 38.2 Å². The molecule has 12 heavy (non-hydrogen) atoms. The van der Waals surface area contributed by atoms with E-state index in [1.807, 2.05) is 12.1 Å². The van der Waals surface area contributed by atoms with Gasteiger partial charge in [-0.3, -0.25) is 4.79 Å². The van der Waals surface area contributed by atoms with Gasteiger partial charge in [-0.1, -0.05) is 26.3 Å². The number of H-pyrrole nitrogens is 1. The van der Waals surface area contributed by atoms with Crippen molar-refractivity contribution in [3.8, 4) is 0 Å². The van der Waals surface area contributed by atoms with Gasteiger partial charge in [0.15, 0.2) is 0 Å². The van der Waals surface area contributed by atoms with Gasteiger partial charge < -0.3 is 4.98 Å². The Balaban J connectivity index is 2.87.